The van der Waals surface area contributed by atoms with E-state index in [4.69, 9.17) is 15.2 Å². The SMILES string of the molecule is COc1ccc2c(c1)nc(N)n2Cc1ccnc(OC)c1. The summed E-state index contributed by atoms with van der Waals surface area (Å²) in [6.45, 7) is 0.605. The highest BCUT2D eigenvalue weighted by Gasteiger charge is 2.10. The first kappa shape index (κ1) is 13.2. The number of ether oxygens (including phenoxy) is 2. The Kier molecular flexibility index (Phi) is 3.35. The van der Waals surface area contributed by atoms with Crippen LogP contribution in [0.15, 0.2) is 36.5 Å². The molecule has 0 amide bonds. The van der Waals surface area contributed by atoms with Gasteiger partial charge in [-0.1, -0.05) is 0 Å². The molecule has 3 rings (SSSR count). The second-order valence-corrected chi connectivity index (χ2v) is 4.62. The molecule has 6 nitrogen and oxygen atoms in total. The summed E-state index contributed by atoms with van der Waals surface area (Å²) < 4.78 is 12.3. The summed E-state index contributed by atoms with van der Waals surface area (Å²) in [5, 5.41) is 0. The molecule has 0 aliphatic rings. The number of nitrogens with two attached hydrogens (primary N) is 1. The molecule has 0 saturated heterocycles. The molecule has 2 heterocycles. The van der Waals surface area contributed by atoms with Crippen molar-refractivity contribution in [3.8, 4) is 11.6 Å². The molecule has 2 N–H and O–H groups in total. The minimum absolute atomic E-state index is 0.467. The maximum atomic E-state index is 6.03. The number of aromatic nitrogens is 3. The Morgan fingerprint density at radius 1 is 1.14 bits per heavy atom. The van der Waals surface area contributed by atoms with Gasteiger partial charge in [0.2, 0.25) is 11.8 Å². The molecule has 0 radical (unpaired) electrons. The lowest BCUT2D eigenvalue weighted by atomic mass is 10.2. The fourth-order valence-electron chi connectivity index (χ4n) is 2.26. The lowest BCUT2D eigenvalue weighted by Gasteiger charge is -2.08. The number of imidazole rings is 1. The molecule has 0 unspecified atom stereocenters. The largest absolute Gasteiger partial charge is 0.497 e. The van der Waals surface area contributed by atoms with Gasteiger partial charge in [-0.25, -0.2) is 9.97 Å². The van der Waals surface area contributed by atoms with E-state index in [2.05, 4.69) is 9.97 Å². The van der Waals surface area contributed by atoms with Gasteiger partial charge < -0.3 is 19.8 Å². The van der Waals surface area contributed by atoms with Crippen LogP contribution in [0.3, 0.4) is 0 Å². The highest BCUT2D eigenvalue weighted by molar-refractivity contribution is 5.80. The molecule has 0 saturated carbocycles. The zero-order chi connectivity index (χ0) is 14.8. The maximum Gasteiger partial charge on any atom is 0.213 e. The van der Waals surface area contributed by atoms with Crippen LogP contribution in [-0.2, 0) is 6.54 Å². The van der Waals surface area contributed by atoms with E-state index in [1.54, 1.807) is 20.4 Å². The van der Waals surface area contributed by atoms with Gasteiger partial charge in [0.15, 0.2) is 0 Å². The molecule has 0 aliphatic heterocycles. The Bertz CT molecular complexity index is 782. The van der Waals surface area contributed by atoms with Crippen LogP contribution >= 0.6 is 0 Å². The molecule has 0 fully saturated rings. The van der Waals surface area contributed by atoms with Crippen LogP contribution in [0.5, 0.6) is 11.6 Å². The van der Waals surface area contributed by atoms with E-state index in [1.165, 1.54) is 0 Å². The zero-order valence-corrected chi connectivity index (χ0v) is 11.9. The fraction of sp³-hybridized carbons (Fsp3) is 0.200. The third kappa shape index (κ3) is 2.47. The molecule has 1 aromatic carbocycles. The van der Waals surface area contributed by atoms with E-state index in [0.717, 1.165) is 22.3 Å². The van der Waals surface area contributed by atoms with Crippen molar-refractivity contribution in [2.45, 2.75) is 6.54 Å². The van der Waals surface area contributed by atoms with E-state index in [9.17, 15) is 0 Å². The Hall–Kier alpha value is -2.76. The number of hydrogen-bond donors (Lipinski definition) is 1. The molecular formula is C15H16N4O2. The predicted molar refractivity (Wildman–Crippen MR) is 80.6 cm³/mol. The summed E-state index contributed by atoms with van der Waals surface area (Å²) in [4.78, 5) is 8.47. The molecule has 2 aromatic heterocycles. The minimum atomic E-state index is 0.467. The molecule has 21 heavy (non-hydrogen) atoms. The number of benzene rings is 1. The molecule has 3 aromatic rings. The van der Waals surface area contributed by atoms with Crippen molar-refractivity contribution in [2.75, 3.05) is 20.0 Å². The molecule has 108 valence electrons. The van der Waals surface area contributed by atoms with Gasteiger partial charge in [0, 0.05) is 18.3 Å². The van der Waals surface area contributed by atoms with Gasteiger partial charge in [-0.2, -0.15) is 0 Å². The van der Waals surface area contributed by atoms with Gasteiger partial charge >= 0.3 is 0 Å². The number of nitrogen functional groups attached to an aromatic ring is 1. The number of nitrogens with zero attached hydrogens (tertiary/aromatic N) is 3. The van der Waals surface area contributed by atoms with E-state index >= 15 is 0 Å². The summed E-state index contributed by atoms with van der Waals surface area (Å²) in [5.74, 6) is 1.81. The minimum Gasteiger partial charge on any atom is -0.497 e. The van der Waals surface area contributed by atoms with E-state index in [0.29, 0.717) is 18.4 Å². The third-order valence-corrected chi connectivity index (χ3v) is 3.33. The average Bonchev–Trinajstić information content (AvgIpc) is 2.82. The van der Waals surface area contributed by atoms with Gasteiger partial charge in [0.25, 0.3) is 0 Å². The van der Waals surface area contributed by atoms with Gasteiger partial charge in [0.1, 0.15) is 5.75 Å². The van der Waals surface area contributed by atoms with Crippen molar-refractivity contribution >= 4 is 17.0 Å². The van der Waals surface area contributed by atoms with Crippen LogP contribution in [0, 0.1) is 0 Å². The average molecular weight is 284 g/mol. The van der Waals surface area contributed by atoms with Gasteiger partial charge in [-0.05, 0) is 23.8 Å². The highest BCUT2D eigenvalue weighted by Crippen LogP contribution is 2.24. The lowest BCUT2D eigenvalue weighted by Crippen LogP contribution is -2.05. The Balaban J connectivity index is 2.01. The number of hydrogen-bond acceptors (Lipinski definition) is 5. The Morgan fingerprint density at radius 3 is 2.76 bits per heavy atom. The summed E-state index contributed by atoms with van der Waals surface area (Å²) in [5.41, 5.74) is 8.85. The van der Waals surface area contributed by atoms with Crippen LogP contribution in [0.25, 0.3) is 11.0 Å². The summed E-state index contributed by atoms with van der Waals surface area (Å²) in [6, 6.07) is 9.53. The third-order valence-electron chi connectivity index (χ3n) is 3.33. The van der Waals surface area contributed by atoms with Crippen molar-refractivity contribution in [3.05, 3.63) is 42.1 Å². The molecule has 0 aliphatic carbocycles. The summed E-state index contributed by atoms with van der Waals surface area (Å²) in [6.07, 6.45) is 1.71. The smallest absolute Gasteiger partial charge is 0.213 e. The van der Waals surface area contributed by atoms with E-state index < -0.39 is 0 Å². The van der Waals surface area contributed by atoms with Crippen LogP contribution in [0.4, 0.5) is 5.95 Å². The zero-order valence-electron chi connectivity index (χ0n) is 11.9. The number of fused-ring (bicyclic) bond motifs is 1. The molecule has 0 atom stereocenters. The maximum absolute atomic E-state index is 6.03. The van der Waals surface area contributed by atoms with Crippen molar-refractivity contribution < 1.29 is 9.47 Å². The second-order valence-electron chi connectivity index (χ2n) is 4.62. The quantitative estimate of drug-likeness (QED) is 0.794. The summed E-state index contributed by atoms with van der Waals surface area (Å²) >= 11 is 0. The number of rotatable bonds is 4. The normalized spacial score (nSPS) is 10.8. The predicted octanol–water partition coefficient (Wildman–Crippen LogP) is 2.08. The van der Waals surface area contributed by atoms with Crippen LogP contribution in [-0.4, -0.2) is 28.8 Å². The van der Waals surface area contributed by atoms with Crippen molar-refractivity contribution in [1.29, 1.82) is 0 Å². The highest BCUT2D eigenvalue weighted by atomic mass is 16.5. The second kappa shape index (κ2) is 5.32. The first-order valence-corrected chi connectivity index (χ1v) is 6.50. The molecule has 0 bridgehead atoms. The monoisotopic (exact) mass is 284 g/mol. The topological polar surface area (TPSA) is 75.2 Å². The number of anilines is 1. The fourth-order valence-corrected chi connectivity index (χ4v) is 2.26. The standard InChI is InChI=1S/C15H16N4O2/c1-20-11-3-4-13-12(8-11)18-15(16)19(13)9-10-5-6-17-14(7-10)21-2/h3-8H,9H2,1-2H3,(H2,16,18). The first-order valence-electron chi connectivity index (χ1n) is 6.50. The van der Waals surface area contributed by atoms with Crippen LogP contribution in [0.1, 0.15) is 5.56 Å². The van der Waals surface area contributed by atoms with Crippen molar-refractivity contribution in [1.82, 2.24) is 14.5 Å². The number of methoxy groups -OCH3 is 2. The van der Waals surface area contributed by atoms with Gasteiger partial charge in [0.05, 0.1) is 31.8 Å². The Labute approximate surface area is 122 Å². The number of pyridine rings is 1. The molecule has 0 spiro atoms. The van der Waals surface area contributed by atoms with E-state index in [1.807, 2.05) is 34.9 Å². The van der Waals surface area contributed by atoms with Crippen molar-refractivity contribution in [3.63, 3.8) is 0 Å². The first-order chi connectivity index (χ1) is 10.2. The van der Waals surface area contributed by atoms with Crippen LogP contribution in [0.2, 0.25) is 0 Å². The van der Waals surface area contributed by atoms with E-state index in [-0.39, 0.29) is 0 Å². The van der Waals surface area contributed by atoms with Crippen molar-refractivity contribution in [2.24, 2.45) is 0 Å². The lowest BCUT2D eigenvalue weighted by molar-refractivity contribution is 0.397. The molecular weight excluding hydrogens is 268 g/mol. The van der Waals surface area contributed by atoms with Gasteiger partial charge in [-0.15, -0.1) is 0 Å². The summed E-state index contributed by atoms with van der Waals surface area (Å²) in [7, 11) is 3.23. The Morgan fingerprint density at radius 2 is 2.00 bits per heavy atom. The van der Waals surface area contributed by atoms with Gasteiger partial charge in [-0.3, -0.25) is 0 Å². The van der Waals surface area contributed by atoms with Crippen LogP contribution < -0.4 is 15.2 Å². The molecule has 6 heteroatoms.